The van der Waals surface area contributed by atoms with Crippen molar-refractivity contribution in [1.29, 1.82) is 0 Å². The highest BCUT2D eigenvalue weighted by molar-refractivity contribution is 9.12. The molecule has 1 aliphatic rings. The Kier molecular flexibility index (Phi) is 4.05. The van der Waals surface area contributed by atoms with E-state index in [-0.39, 0.29) is 6.03 Å². The van der Waals surface area contributed by atoms with Crippen LogP contribution in [0, 0.1) is 0 Å². The van der Waals surface area contributed by atoms with Crippen LogP contribution < -0.4 is 14.6 Å². The molecule has 0 saturated carbocycles. The molecule has 2 heterocycles. The molecular formula is C9H10Br2N4OS. The van der Waals surface area contributed by atoms with Crippen molar-refractivity contribution in [3.63, 3.8) is 0 Å². The zero-order chi connectivity index (χ0) is 12.4. The van der Waals surface area contributed by atoms with Gasteiger partial charge in [-0.25, -0.2) is 9.78 Å². The Bertz CT molecular complexity index is 474. The van der Waals surface area contributed by atoms with E-state index in [0.717, 1.165) is 21.7 Å². The number of carbonyl (C=O) groups is 1. The first kappa shape index (κ1) is 12.8. The number of rotatable bonds is 2. The molecule has 5 nitrogen and oxygen atoms in total. The van der Waals surface area contributed by atoms with Crippen molar-refractivity contribution in [3.8, 4) is 0 Å². The maximum atomic E-state index is 11.4. The van der Waals surface area contributed by atoms with Gasteiger partial charge < -0.3 is 5.32 Å². The van der Waals surface area contributed by atoms with Gasteiger partial charge in [0.1, 0.15) is 0 Å². The van der Waals surface area contributed by atoms with Gasteiger partial charge in [-0.05, 0) is 13.0 Å². The number of nitrogens with zero attached hydrogens (tertiary/aromatic N) is 2. The lowest BCUT2D eigenvalue weighted by atomic mass is 10.3. The Morgan fingerprint density at radius 2 is 2.47 bits per heavy atom. The molecule has 1 aromatic heterocycles. The number of nitrogens with one attached hydrogen (secondary N) is 2. The molecule has 0 aromatic carbocycles. The normalized spacial score (nSPS) is 14.1. The van der Waals surface area contributed by atoms with Gasteiger partial charge in [0.15, 0.2) is 10.9 Å². The van der Waals surface area contributed by atoms with Crippen molar-refractivity contribution in [1.82, 2.24) is 10.3 Å². The Hall–Kier alpha value is -0.600. The highest BCUT2D eigenvalue weighted by Gasteiger charge is 2.20. The SMILES string of the molecule is CCNC(=O)Nc1nc2c(s1)C=C(Br)CN2Br. The molecule has 0 aliphatic carbocycles. The van der Waals surface area contributed by atoms with Crippen molar-refractivity contribution in [2.24, 2.45) is 0 Å². The summed E-state index contributed by atoms with van der Waals surface area (Å²) in [6.45, 7) is 3.18. The van der Waals surface area contributed by atoms with Crippen LogP contribution >= 0.6 is 43.4 Å². The van der Waals surface area contributed by atoms with Gasteiger partial charge >= 0.3 is 6.03 Å². The number of fused-ring (bicyclic) bond motifs is 1. The number of hydrogen-bond donors (Lipinski definition) is 2. The molecule has 2 amide bonds. The van der Waals surface area contributed by atoms with E-state index in [0.29, 0.717) is 11.7 Å². The lowest BCUT2D eigenvalue weighted by molar-refractivity contribution is 0.252. The van der Waals surface area contributed by atoms with Gasteiger partial charge in [0.25, 0.3) is 0 Å². The van der Waals surface area contributed by atoms with Crippen LogP contribution in [0.2, 0.25) is 0 Å². The van der Waals surface area contributed by atoms with E-state index in [1.807, 2.05) is 16.9 Å². The van der Waals surface area contributed by atoms with Crippen LogP contribution in [-0.2, 0) is 0 Å². The Labute approximate surface area is 120 Å². The van der Waals surface area contributed by atoms with Crippen molar-refractivity contribution < 1.29 is 4.79 Å². The third-order valence-corrected chi connectivity index (χ3v) is 3.97. The first-order chi connectivity index (χ1) is 8.10. The molecular weight excluding hydrogens is 372 g/mol. The summed E-state index contributed by atoms with van der Waals surface area (Å²) >= 11 is 8.30. The monoisotopic (exact) mass is 380 g/mol. The summed E-state index contributed by atoms with van der Waals surface area (Å²) in [6, 6.07) is -0.234. The molecule has 17 heavy (non-hydrogen) atoms. The highest BCUT2D eigenvalue weighted by Crippen LogP contribution is 2.38. The van der Waals surface area contributed by atoms with Crippen molar-refractivity contribution in [2.45, 2.75) is 6.92 Å². The standard InChI is InChI=1S/C9H10Br2N4OS/c1-2-12-8(16)14-9-13-7-6(17-9)3-5(10)4-15(7)11/h3H,2,4H2,1H3,(H2,12,13,14,16). The maximum absolute atomic E-state index is 11.4. The molecule has 0 fully saturated rings. The van der Waals surface area contributed by atoms with Crippen LogP contribution in [0.5, 0.6) is 0 Å². The summed E-state index contributed by atoms with van der Waals surface area (Å²) in [6.07, 6.45) is 2.01. The molecule has 1 aromatic rings. The number of urea groups is 1. The largest absolute Gasteiger partial charge is 0.338 e. The van der Waals surface area contributed by atoms with Gasteiger partial charge in [-0.2, -0.15) is 0 Å². The van der Waals surface area contributed by atoms with E-state index in [4.69, 9.17) is 0 Å². The van der Waals surface area contributed by atoms with Crippen molar-refractivity contribution in [3.05, 3.63) is 9.36 Å². The second-order valence-electron chi connectivity index (χ2n) is 3.30. The molecule has 0 bridgehead atoms. The minimum Gasteiger partial charge on any atom is -0.338 e. The molecule has 2 rings (SSSR count). The minimum atomic E-state index is -0.234. The summed E-state index contributed by atoms with van der Waals surface area (Å²) < 4.78 is 2.92. The highest BCUT2D eigenvalue weighted by atomic mass is 79.9. The number of thiazole rings is 1. The van der Waals surface area contributed by atoms with Crippen LogP contribution in [0.4, 0.5) is 15.7 Å². The van der Waals surface area contributed by atoms with E-state index in [1.165, 1.54) is 11.3 Å². The van der Waals surface area contributed by atoms with E-state index in [9.17, 15) is 4.79 Å². The maximum Gasteiger partial charge on any atom is 0.321 e. The molecule has 0 spiro atoms. The average Bonchev–Trinajstić information content (AvgIpc) is 2.60. The molecule has 0 unspecified atom stereocenters. The topological polar surface area (TPSA) is 57.3 Å². The molecule has 0 radical (unpaired) electrons. The summed E-state index contributed by atoms with van der Waals surface area (Å²) in [4.78, 5) is 16.7. The number of aromatic nitrogens is 1. The number of anilines is 2. The van der Waals surface area contributed by atoms with Crippen LogP contribution in [0.15, 0.2) is 4.48 Å². The molecule has 92 valence electrons. The number of amides is 2. The first-order valence-electron chi connectivity index (χ1n) is 4.95. The molecule has 2 N–H and O–H groups in total. The van der Waals surface area contributed by atoms with Gasteiger partial charge in [-0.15, -0.1) is 0 Å². The Morgan fingerprint density at radius 3 is 3.18 bits per heavy atom. The molecule has 0 saturated heterocycles. The van der Waals surface area contributed by atoms with Gasteiger partial charge in [0.2, 0.25) is 0 Å². The fraction of sp³-hybridized carbons (Fsp3) is 0.333. The van der Waals surface area contributed by atoms with Crippen LogP contribution in [0.3, 0.4) is 0 Å². The number of carbonyl (C=O) groups excluding carboxylic acids is 1. The lowest BCUT2D eigenvalue weighted by Gasteiger charge is -2.17. The fourth-order valence-corrected chi connectivity index (χ4v) is 3.90. The fourth-order valence-electron chi connectivity index (χ4n) is 1.34. The zero-order valence-corrected chi connectivity index (χ0v) is 12.9. The quantitative estimate of drug-likeness (QED) is 0.773. The van der Waals surface area contributed by atoms with Gasteiger partial charge in [0, 0.05) is 11.0 Å². The smallest absolute Gasteiger partial charge is 0.321 e. The number of hydrogen-bond acceptors (Lipinski definition) is 4. The van der Waals surface area contributed by atoms with Crippen LogP contribution in [0.1, 0.15) is 11.8 Å². The van der Waals surface area contributed by atoms with Crippen molar-refractivity contribution >= 4 is 66.5 Å². The van der Waals surface area contributed by atoms with E-state index in [1.54, 1.807) is 0 Å². The summed E-state index contributed by atoms with van der Waals surface area (Å²) in [5, 5.41) is 5.95. The lowest BCUT2D eigenvalue weighted by Crippen LogP contribution is -2.28. The third-order valence-electron chi connectivity index (χ3n) is 2.00. The Balaban J connectivity index is 2.18. The van der Waals surface area contributed by atoms with Crippen LogP contribution in [0.25, 0.3) is 6.08 Å². The second kappa shape index (κ2) is 5.36. The average molecular weight is 382 g/mol. The summed E-state index contributed by atoms with van der Waals surface area (Å²) in [5.74, 6) is 0.824. The molecule has 1 aliphatic heterocycles. The van der Waals surface area contributed by atoms with Gasteiger partial charge in [-0.1, -0.05) is 27.3 Å². The first-order valence-corrected chi connectivity index (χ1v) is 7.27. The van der Waals surface area contributed by atoms with E-state index < -0.39 is 0 Å². The van der Waals surface area contributed by atoms with Gasteiger partial charge in [-0.3, -0.25) is 9.24 Å². The summed E-state index contributed by atoms with van der Waals surface area (Å²) in [7, 11) is 0. The zero-order valence-electron chi connectivity index (χ0n) is 8.96. The van der Waals surface area contributed by atoms with E-state index >= 15 is 0 Å². The third kappa shape index (κ3) is 2.99. The van der Waals surface area contributed by atoms with Crippen LogP contribution in [-0.4, -0.2) is 24.1 Å². The molecule has 0 atom stereocenters. The van der Waals surface area contributed by atoms with Gasteiger partial charge in [0.05, 0.1) is 27.6 Å². The predicted molar refractivity (Wildman–Crippen MR) is 78.0 cm³/mol. The predicted octanol–water partition coefficient (Wildman–Crippen LogP) is 3.15. The summed E-state index contributed by atoms with van der Waals surface area (Å²) in [5.41, 5.74) is 0. The minimum absolute atomic E-state index is 0.234. The second-order valence-corrected chi connectivity index (χ2v) is 6.21. The Morgan fingerprint density at radius 1 is 1.71 bits per heavy atom. The number of halogens is 2. The van der Waals surface area contributed by atoms with E-state index in [2.05, 4.69) is 47.7 Å². The molecule has 8 heteroatoms. The van der Waals surface area contributed by atoms with Crippen molar-refractivity contribution in [2.75, 3.05) is 22.3 Å².